The molecule has 12 heavy (non-hydrogen) atoms. The summed E-state index contributed by atoms with van der Waals surface area (Å²) in [4.78, 5) is 0. The van der Waals surface area contributed by atoms with Gasteiger partial charge in [-0.05, 0) is 19.8 Å². The molecule has 3 heteroatoms. The van der Waals surface area contributed by atoms with Gasteiger partial charge in [0.2, 0.25) is 0 Å². The lowest BCUT2D eigenvalue weighted by molar-refractivity contribution is -0.0404. The number of rotatable bonds is 2. The summed E-state index contributed by atoms with van der Waals surface area (Å²) < 4.78 is 11.3. The van der Waals surface area contributed by atoms with Crippen LogP contribution in [0, 0.1) is 0 Å². The van der Waals surface area contributed by atoms with Crippen LogP contribution in [0.5, 0.6) is 0 Å². The first kappa shape index (κ1) is 8.79. The van der Waals surface area contributed by atoms with Crippen molar-refractivity contribution < 1.29 is 9.47 Å². The van der Waals surface area contributed by atoms with E-state index < -0.39 is 0 Å². The van der Waals surface area contributed by atoms with Gasteiger partial charge in [0, 0.05) is 13.0 Å². The van der Waals surface area contributed by atoms with Crippen molar-refractivity contribution in [2.75, 3.05) is 6.61 Å². The summed E-state index contributed by atoms with van der Waals surface area (Å²) in [5, 5.41) is 0.215. The highest BCUT2D eigenvalue weighted by atomic mass is 35.5. The molecule has 70 valence electrons. The zero-order valence-electron chi connectivity index (χ0n) is 7.33. The molecule has 0 aromatic carbocycles. The third-order valence-electron chi connectivity index (χ3n) is 2.74. The molecule has 2 nitrogen and oxygen atoms in total. The summed E-state index contributed by atoms with van der Waals surface area (Å²) in [6.45, 7) is 2.81. The molecular formula is C9H15ClO2. The van der Waals surface area contributed by atoms with Gasteiger partial charge in [-0.2, -0.15) is 0 Å². The molecule has 2 aliphatic rings. The van der Waals surface area contributed by atoms with Crippen LogP contribution in [0.4, 0.5) is 0 Å². The topological polar surface area (TPSA) is 18.5 Å². The molecule has 2 fully saturated rings. The summed E-state index contributed by atoms with van der Waals surface area (Å²) in [6.07, 6.45) is 4.03. The molecule has 4 atom stereocenters. The van der Waals surface area contributed by atoms with E-state index in [-0.39, 0.29) is 11.5 Å². The van der Waals surface area contributed by atoms with Gasteiger partial charge < -0.3 is 9.47 Å². The van der Waals surface area contributed by atoms with Gasteiger partial charge in [-0.25, -0.2) is 0 Å². The highest BCUT2D eigenvalue weighted by Gasteiger charge is 2.42. The van der Waals surface area contributed by atoms with Crippen LogP contribution >= 0.6 is 11.6 Å². The highest BCUT2D eigenvalue weighted by molar-refractivity contribution is 6.21. The van der Waals surface area contributed by atoms with E-state index in [9.17, 15) is 0 Å². The lowest BCUT2D eigenvalue weighted by atomic mass is 10.1. The zero-order valence-corrected chi connectivity index (χ0v) is 8.09. The molecular weight excluding hydrogens is 176 g/mol. The van der Waals surface area contributed by atoms with E-state index in [1.807, 2.05) is 6.92 Å². The Morgan fingerprint density at radius 1 is 1.42 bits per heavy atom. The number of alkyl halides is 1. The first-order valence-corrected chi connectivity index (χ1v) is 5.16. The van der Waals surface area contributed by atoms with Gasteiger partial charge in [0.05, 0.1) is 23.7 Å². The van der Waals surface area contributed by atoms with Crippen molar-refractivity contribution in [3.8, 4) is 0 Å². The first-order chi connectivity index (χ1) is 5.81. The van der Waals surface area contributed by atoms with Crippen molar-refractivity contribution in [1.82, 2.24) is 0 Å². The van der Waals surface area contributed by atoms with Crippen molar-refractivity contribution in [2.45, 2.75) is 49.9 Å². The minimum absolute atomic E-state index is 0.215. The molecule has 1 unspecified atom stereocenters. The maximum Gasteiger partial charge on any atom is 0.0861 e. The lowest BCUT2D eigenvalue weighted by Crippen LogP contribution is -2.29. The SMILES string of the molecule is CCO[C@H]1C[C@@H]2O[C@H]1CCC2Cl. The molecule has 0 N–H and O–H groups in total. The summed E-state index contributed by atoms with van der Waals surface area (Å²) in [5.41, 5.74) is 0. The molecule has 0 spiro atoms. The fraction of sp³-hybridized carbons (Fsp3) is 1.00. The van der Waals surface area contributed by atoms with Crippen molar-refractivity contribution >= 4 is 11.6 Å². The molecule has 0 saturated carbocycles. The van der Waals surface area contributed by atoms with E-state index in [1.54, 1.807) is 0 Å². The molecule has 0 aromatic heterocycles. The predicted molar refractivity (Wildman–Crippen MR) is 47.6 cm³/mol. The predicted octanol–water partition coefficient (Wildman–Crippen LogP) is 1.95. The molecule has 2 saturated heterocycles. The molecule has 2 heterocycles. The van der Waals surface area contributed by atoms with Crippen molar-refractivity contribution in [2.24, 2.45) is 0 Å². The van der Waals surface area contributed by atoms with Gasteiger partial charge in [-0.15, -0.1) is 11.6 Å². The van der Waals surface area contributed by atoms with E-state index in [0.29, 0.717) is 12.2 Å². The monoisotopic (exact) mass is 190 g/mol. The Morgan fingerprint density at radius 3 is 2.92 bits per heavy atom. The molecule has 2 bridgehead atoms. The minimum Gasteiger partial charge on any atom is -0.376 e. The average molecular weight is 191 g/mol. The van der Waals surface area contributed by atoms with E-state index >= 15 is 0 Å². The van der Waals surface area contributed by atoms with Crippen molar-refractivity contribution in [3.05, 3.63) is 0 Å². The second-order valence-corrected chi connectivity index (χ2v) is 4.10. The summed E-state index contributed by atoms with van der Waals surface area (Å²) in [7, 11) is 0. The molecule has 0 radical (unpaired) electrons. The van der Waals surface area contributed by atoms with Gasteiger partial charge in [0.25, 0.3) is 0 Å². The fourth-order valence-corrected chi connectivity index (χ4v) is 2.42. The fourth-order valence-electron chi connectivity index (χ4n) is 2.13. The van der Waals surface area contributed by atoms with Crippen LogP contribution in [0.2, 0.25) is 0 Å². The number of hydrogen-bond donors (Lipinski definition) is 0. The highest BCUT2D eigenvalue weighted by Crippen LogP contribution is 2.36. The van der Waals surface area contributed by atoms with Crippen LogP contribution in [-0.4, -0.2) is 30.3 Å². The van der Waals surface area contributed by atoms with Gasteiger partial charge >= 0.3 is 0 Å². The average Bonchev–Trinajstić information content (AvgIpc) is 2.39. The Morgan fingerprint density at radius 2 is 2.25 bits per heavy atom. The molecule has 0 aromatic rings. The molecule has 2 rings (SSSR count). The van der Waals surface area contributed by atoms with Gasteiger partial charge in [-0.3, -0.25) is 0 Å². The summed E-state index contributed by atoms with van der Waals surface area (Å²) in [5.74, 6) is 0. The van der Waals surface area contributed by atoms with Gasteiger partial charge in [0.15, 0.2) is 0 Å². The van der Waals surface area contributed by atoms with Crippen LogP contribution in [0.15, 0.2) is 0 Å². The van der Waals surface area contributed by atoms with Crippen LogP contribution in [0.1, 0.15) is 26.2 Å². The van der Waals surface area contributed by atoms with Crippen LogP contribution in [-0.2, 0) is 9.47 Å². The van der Waals surface area contributed by atoms with E-state index in [0.717, 1.165) is 25.9 Å². The van der Waals surface area contributed by atoms with E-state index in [1.165, 1.54) is 0 Å². The lowest BCUT2D eigenvalue weighted by Gasteiger charge is -2.25. The second-order valence-electron chi connectivity index (χ2n) is 3.54. The number of hydrogen-bond acceptors (Lipinski definition) is 2. The Bertz CT molecular complexity index is 163. The quantitative estimate of drug-likeness (QED) is 0.620. The van der Waals surface area contributed by atoms with Crippen LogP contribution < -0.4 is 0 Å². The summed E-state index contributed by atoms with van der Waals surface area (Å²) >= 11 is 6.09. The maximum absolute atomic E-state index is 6.09. The first-order valence-electron chi connectivity index (χ1n) is 4.72. The summed E-state index contributed by atoms with van der Waals surface area (Å²) in [6, 6.07) is 0. The van der Waals surface area contributed by atoms with E-state index in [4.69, 9.17) is 21.1 Å². The normalized spacial score (nSPS) is 46.5. The Kier molecular flexibility index (Phi) is 2.58. The second kappa shape index (κ2) is 3.52. The van der Waals surface area contributed by atoms with Crippen LogP contribution in [0.25, 0.3) is 0 Å². The maximum atomic E-state index is 6.09. The minimum atomic E-state index is 0.215. The third-order valence-corrected chi connectivity index (χ3v) is 3.24. The standard InChI is InChI=1S/C9H15ClO2/c1-2-11-9-5-8-6(10)3-4-7(9)12-8/h6-9H,2-5H2,1H3/t6?,7-,8-,9-/m0/s1. The largest absolute Gasteiger partial charge is 0.376 e. The van der Waals surface area contributed by atoms with E-state index in [2.05, 4.69) is 0 Å². The third kappa shape index (κ3) is 1.48. The Labute approximate surface area is 78.2 Å². The van der Waals surface area contributed by atoms with Crippen LogP contribution in [0.3, 0.4) is 0 Å². The number of halogens is 1. The van der Waals surface area contributed by atoms with Gasteiger partial charge in [0.1, 0.15) is 0 Å². The van der Waals surface area contributed by atoms with Crippen molar-refractivity contribution in [1.29, 1.82) is 0 Å². The Hall–Kier alpha value is 0.210. The van der Waals surface area contributed by atoms with Crippen molar-refractivity contribution in [3.63, 3.8) is 0 Å². The smallest absolute Gasteiger partial charge is 0.0861 e. The molecule has 0 aliphatic carbocycles. The number of fused-ring (bicyclic) bond motifs is 2. The Balaban J connectivity index is 1.96. The number of ether oxygens (including phenoxy) is 2. The van der Waals surface area contributed by atoms with Gasteiger partial charge in [-0.1, -0.05) is 0 Å². The zero-order chi connectivity index (χ0) is 8.55. The molecule has 2 aliphatic heterocycles. The molecule has 0 amide bonds.